The van der Waals surface area contributed by atoms with Gasteiger partial charge in [0.1, 0.15) is 5.75 Å². The van der Waals surface area contributed by atoms with Gasteiger partial charge in [-0.2, -0.15) is 5.10 Å². The number of methoxy groups -OCH3 is 1. The first-order chi connectivity index (χ1) is 11.8. The summed E-state index contributed by atoms with van der Waals surface area (Å²) in [6, 6.07) is 10.3. The molecule has 1 saturated heterocycles. The lowest BCUT2D eigenvalue weighted by Crippen LogP contribution is -2.38. The highest BCUT2D eigenvalue weighted by Gasteiger charge is 2.28. The van der Waals surface area contributed by atoms with Crippen LogP contribution >= 0.6 is 0 Å². The van der Waals surface area contributed by atoms with Gasteiger partial charge in [-0.15, -0.1) is 0 Å². The number of benzene rings is 1. The standard InChI is InChI=1S/C19H25N3O2/c1-24-18-10-8-16(9-11-18)5-2-7-19(23)22-14-3-6-17(22)15-21-13-4-12-20-21/h4,8-13,17H,2-3,5-7,14-15H2,1H3/t17-/m1/s1. The van der Waals surface area contributed by atoms with Gasteiger partial charge in [0.25, 0.3) is 0 Å². The van der Waals surface area contributed by atoms with Crippen molar-refractivity contribution in [3.8, 4) is 5.75 Å². The Balaban J connectivity index is 1.46. The van der Waals surface area contributed by atoms with Gasteiger partial charge in [0, 0.05) is 25.4 Å². The van der Waals surface area contributed by atoms with Gasteiger partial charge < -0.3 is 9.64 Å². The summed E-state index contributed by atoms with van der Waals surface area (Å²) in [7, 11) is 1.67. The van der Waals surface area contributed by atoms with Crippen LogP contribution in [0.15, 0.2) is 42.7 Å². The summed E-state index contributed by atoms with van der Waals surface area (Å²) in [6.07, 6.45) is 8.34. The highest BCUT2D eigenvalue weighted by Crippen LogP contribution is 2.21. The van der Waals surface area contributed by atoms with Crippen molar-refractivity contribution in [2.75, 3.05) is 13.7 Å². The minimum atomic E-state index is 0.276. The number of rotatable bonds is 7. The van der Waals surface area contributed by atoms with E-state index >= 15 is 0 Å². The summed E-state index contributed by atoms with van der Waals surface area (Å²) in [5, 5.41) is 4.26. The first-order valence-electron chi connectivity index (χ1n) is 8.66. The molecule has 1 atom stereocenters. The Kier molecular flexibility index (Phi) is 5.51. The minimum absolute atomic E-state index is 0.276. The summed E-state index contributed by atoms with van der Waals surface area (Å²) >= 11 is 0. The molecule has 24 heavy (non-hydrogen) atoms. The third-order valence-corrected chi connectivity index (χ3v) is 4.67. The lowest BCUT2D eigenvalue weighted by atomic mass is 10.1. The minimum Gasteiger partial charge on any atom is -0.497 e. The van der Waals surface area contributed by atoms with E-state index in [2.05, 4.69) is 22.1 Å². The maximum absolute atomic E-state index is 12.6. The van der Waals surface area contributed by atoms with Crippen molar-refractivity contribution in [3.05, 3.63) is 48.3 Å². The van der Waals surface area contributed by atoms with E-state index in [-0.39, 0.29) is 5.91 Å². The van der Waals surface area contributed by atoms with Crippen LogP contribution in [0, 0.1) is 0 Å². The van der Waals surface area contributed by atoms with Crippen molar-refractivity contribution < 1.29 is 9.53 Å². The molecule has 0 N–H and O–H groups in total. The molecule has 1 amide bonds. The summed E-state index contributed by atoms with van der Waals surface area (Å²) in [5.74, 6) is 1.14. The van der Waals surface area contributed by atoms with E-state index in [1.807, 2.05) is 29.1 Å². The van der Waals surface area contributed by atoms with E-state index in [1.54, 1.807) is 13.3 Å². The van der Waals surface area contributed by atoms with Gasteiger partial charge in [-0.05, 0) is 49.4 Å². The molecule has 5 nitrogen and oxygen atoms in total. The van der Waals surface area contributed by atoms with Crippen molar-refractivity contribution in [3.63, 3.8) is 0 Å². The van der Waals surface area contributed by atoms with Gasteiger partial charge in [-0.1, -0.05) is 12.1 Å². The first-order valence-corrected chi connectivity index (χ1v) is 8.66. The smallest absolute Gasteiger partial charge is 0.222 e. The van der Waals surface area contributed by atoms with Gasteiger partial charge in [-0.3, -0.25) is 9.48 Å². The SMILES string of the molecule is COc1ccc(CCCC(=O)N2CCC[C@@H]2Cn2cccn2)cc1. The largest absolute Gasteiger partial charge is 0.497 e. The normalized spacial score (nSPS) is 17.2. The molecule has 0 bridgehead atoms. The number of aromatic nitrogens is 2. The molecule has 0 saturated carbocycles. The molecule has 0 radical (unpaired) electrons. The molecule has 1 fully saturated rings. The van der Waals surface area contributed by atoms with Gasteiger partial charge in [0.2, 0.25) is 5.91 Å². The molecular formula is C19H25N3O2. The van der Waals surface area contributed by atoms with E-state index in [9.17, 15) is 4.79 Å². The predicted molar refractivity (Wildman–Crippen MR) is 92.9 cm³/mol. The maximum Gasteiger partial charge on any atom is 0.222 e. The lowest BCUT2D eigenvalue weighted by Gasteiger charge is -2.24. The first kappa shape index (κ1) is 16.6. The molecule has 2 heterocycles. The maximum atomic E-state index is 12.6. The van der Waals surface area contributed by atoms with Crippen LogP contribution in [0.2, 0.25) is 0 Å². The number of hydrogen-bond donors (Lipinski definition) is 0. The monoisotopic (exact) mass is 327 g/mol. The van der Waals surface area contributed by atoms with Crippen LogP contribution in [-0.4, -0.2) is 40.3 Å². The molecule has 1 aliphatic heterocycles. The molecule has 0 spiro atoms. The Labute approximate surface area is 143 Å². The Hall–Kier alpha value is -2.30. The number of ether oxygens (including phenoxy) is 1. The summed E-state index contributed by atoms with van der Waals surface area (Å²) in [5.41, 5.74) is 1.25. The number of carbonyl (C=O) groups excluding carboxylic acids is 1. The second kappa shape index (κ2) is 7.99. The second-order valence-corrected chi connectivity index (χ2v) is 6.31. The van der Waals surface area contributed by atoms with Crippen LogP contribution in [0.4, 0.5) is 0 Å². The number of likely N-dealkylation sites (tertiary alicyclic amines) is 1. The molecule has 2 aromatic rings. The third kappa shape index (κ3) is 4.16. The predicted octanol–water partition coefficient (Wildman–Crippen LogP) is 2.91. The number of hydrogen-bond acceptors (Lipinski definition) is 3. The summed E-state index contributed by atoms with van der Waals surface area (Å²) < 4.78 is 7.09. The van der Waals surface area contributed by atoms with Crippen molar-refractivity contribution in [1.82, 2.24) is 14.7 Å². The fraction of sp³-hybridized carbons (Fsp3) is 0.474. The van der Waals surface area contributed by atoms with Crippen LogP contribution in [0.25, 0.3) is 0 Å². The van der Waals surface area contributed by atoms with Crippen molar-refractivity contribution in [2.24, 2.45) is 0 Å². The Morgan fingerprint density at radius 3 is 2.88 bits per heavy atom. The van der Waals surface area contributed by atoms with Gasteiger partial charge in [-0.25, -0.2) is 0 Å². The van der Waals surface area contributed by atoms with Gasteiger partial charge in [0.05, 0.1) is 19.7 Å². The molecule has 1 aromatic carbocycles. The fourth-order valence-electron chi connectivity index (χ4n) is 3.36. The Bertz CT molecular complexity index is 637. The average Bonchev–Trinajstić information content (AvgIpc) is 3.28. The van der Waals surface area contributed by atoms with Crippen LogP contribution in [0.3, 0.4) is 0 Å². The van der Waals surface area contributed by atoms with E-state index in [4.69, 9.17) is 4.74 Å². The highest BCUT2D eigenvalue weighted by molar-refractivity contribution is 5.76. The lowest BCUT2D eigenvalue weighted by molar-refractivity contribution is -0.132. The second-order valence-electron chi connectivity index (χ2n) is 6.31. The Morgan fingerprint density at radius 2 is 2.17 bits per heavy atom. The summed E-state index contributed by atoms with van der Waals surface area (Å²) in [4.78, 5) is 14.6. The van der Waals surface area contributed by atoms with Crippen molar-refractivity contribution in [2.45, 2.75) is 44.7 Å². The van der Waals surface area contributed by atoms with Crippen molar-refractivity contribution >= 4 is 5.91 Å². The topological polar surface area (TPSA) is 47.4 Å². The molecule has 5 heteroatoms. The molecule has 0 aliphatic carbocycles. The quantitative estimate of drug-likeness (QED) is 0.785. The van der Waals surface area contributed by atoms with E-state index in [1.165, 1.54) is 5.56 Å². The van der Waals surface area contributed by atoms with Crippen LogP contribution in [0.5, 0.6) is 5.75 Å². The van der Waals surface area contributed by atoms with Crippen LogP contribution in [0.1, 0.15) is 31.2 Å². The molecule has 1 aromatic heterocycles. The number of carbonyl (C=O) groups is 1. The summed E-state index contributed by atoms with van der Waals surface area (Å²) in [6.45, 7) is 1.69. The molecule has 128 valence electrons. The number of amides is 1. The zero-order valence-corrected chi connectivity index (χ0v) is 14.2. The van der Waals surface area contributed by atoms with E-state index < -0.39 is 0 Å². The molecule has 1 aliphatic rings. The Morgan fingerprint density at radius 1 is 1.33 bits per heavy atom. The molecule has 3 rings (SSSR count). The van der Waals surface area contributed by atoms with E-state index in [0.717, 1.165) is 44.5 Å². The van der Waals surface area contributed by atoms with Gasteiger partial charge in [0.15, 0.2) is 0 Å². The third-order valence-electron chi connectivity index (χ3n) is 4.67. The average molecular weight is 327 g/mol. The number of nitrogens with zero attached hydrogens (tertiary/aromatic N) is 3. The van der Waals surface area contributed by atoms with Crippen molar-refractivity contribution in [1.29, 1.82) is 0 Å². The van der Waals surface area contributed by atoms with Crippen LogP contribution < -0.4 is 4.74 Å². The highest BCUT2D eigenvalue weighted by atomic mass is 16.5. The zero-order chi connectivity index (χ0) is 16.8. The fourth-order valence-corrected chi connectivity index (χ4v) is 3.36. The van der Waals surface area contributed by atoms with E-state index in [0.29, 0.717) is 12.5 Å². The van der Waals surface area contributed by atoms with Crippen LogP contribution in [-0.2, 0) is 17.8 Å². The zero-order valence-electron chi connectivity index (χ0n) is 14.2. The molecule has 0 unspecified atom stereocenters. The number of aryl methyl sites for hydroxylation is 1. The van der Waals surface area contributed by atoms with Gasteiger partial charge >= 0.3 is 0 Å². The molecular weight excluding hydrogens is 302 g/mol.